The molecule has 24 heavy (non-hydrogen) atoms. The highest BCUT2D eigenvalue weighted by atomic mass is 19.1. The SMILES string of the molecule is CCN1CCO[C@H](CNCc2ccc(N3CCOCC3)c(F)c2)C1. The molecular weight excluding hydrogens is 309 g/mol. The second kappa shape index (κ2) is 8.76. The zero-order chi connectivity index (χ0) is 16.8. The summed E-state index contributed by atoms with van der Waals surface area (Å²) in [5.74, 6) is -0.151. The highest BCUT2D eigenvalue weighted by molar-refractivity contribution is 5.49. The lowest BCUT2D eigenvalue weighted by atomic mass is 10.1. The molecule has 0 spiro atoms. The van der Waals surface area contributed by atoms with Gasteiger partial charge in [-0.1, -0.05) is 13.0 Å². The molecule has 2 fully saturated rings. The van der Waals surface area contributed by atoms with E-state index in [0.29, 0.717) is 25.4 Å². The Hall–Kier alpha value is -1.21. The van der Waals surface area contributed by atoms with E-state index in [1.807, 2.05) is 17.0 Å². The van der Waals surface area contributed by atoms with Crippen molar-refractivity contribution in [2.24, 2.45) is 0 Å². The molecule has 1 aromatic rings. The number of hydrogen-bond acceptors (Lipinski definition) is 5. The third-order valence-electron chi connectivity index (χ3n) is 4.74. The van der Waals surface area contributed by atoms with E-state index in [1.54, 1.807) is 6.07 Å². The zero-order valence-electron chi connectivity index (χ0n) is 14.5. The van der Waals surface area contributed by atoms with Gasteiger partial charge >= 0.3 is 0 Å². The second-order valence-corrected chi connectivity index (χ2v) is 6.40. The van der Waals surface area contributed by atoms with Crippen LogP contribution in [0.2, 0.25) is 0 Å². The number of likely N-dealkylation sites (N-methyl/N-ethyl adjacent to an activating group) is 1. The minimum absolute atomic E-state index is 0.151. The molecule has 5 nitrogen and oxygen atoms in total. The van der Waals surface area contributed by atoms with Gasteiger partial charge in [0.2, 0.25) is 0 Å². The van der Waals surface area contributed by atoms with Crippen molar-refractivity contribution in [1.82, 2.24) is 10.2 Å². The summed E-state index contributed by atoms with van der Waals surface area (Å²) in [5.41, 5.74) is 1.64. The zero-order valence-corrected chi connectivity index (χ0v) is 14.5. The van der Waals surface area contributed by atoms with Crippen molar-refractivity contribution in [2.75, 3.05) is 64.0 Å². The number of nitrogens with zero attached hydrogens (tertiary/aromatic N) is 2. The minimum Gasteiger partial charge on any atom is -0.378 e. The molecule has 0 aromatic heterocycles. The predicted octanol–water partition coefficient (Wildman–Crippen LogP) is 1.47. The summed E-state index contributed by atoms with van der Waals surface area (Å²) in [5, 5.41) is 3.39. The average molecular weight is 337 g/mol. The largest absolute Gasteiger partial charge is 0.378 e. The van der Waals surface area contributed by atoms with Crippen LogP contribution in [0.15, 0.2) is 18.2 Å². The van der Waals surface area contributed by atoms with Crippen LogP contribution in [0.3, 0.4) is 0 Å². The van der Waals surface area contributed by atoms with E-state index in [1.165, 1.54) is 0 Å². The fourth-order valence-electron chi connectivity index (χ4n) is 3.29. The normalized spacial score (nSPS) is 22.8. The second-order valence-electron chi connectivity index (χ2n) is 6.40. The van der Waals surface area contributed by atoms with Gasteiger partial charge in [0.1, 0.15) is 5.82 Å². The number of halogens is 1. The fraction of sp³-hybridized carbons (Fsp3) is 0.667. The van der Waals surface area contributed by atoms with Gasteiger partial charge < -0.3 is 19.7 Å². The van der Waals surface area contributed by atoms with E-state index in [-0.39, 0.29) is 11.9 Å². The maximum Gasteiger partial charge on any atom is 0.146 e. The molecule has 0 radical (unpaired) electrons. The maximum absolute atomic E-state index is 14.4. The van der Waals surface area contributed by atoms with Gasteiger partial charge in [-0.2, -0.15) is 0 Å². The molecule has 0 unspecified atom stereocenters. The quantitative estimate of drug-likeness (QED) is 0.851. The Labute approximate surface area is 143 Å². The van der Waals surface area contributed by atoms with Crippen molar-refractivity contribution < 1.29 is 13.9 Å². The van der Waals surface area contributed by atoms with Gasteiger partial charge in [0, 0.05) is 39.3 Å². The molecule has 1 aromatic carbocycles. The first-order chi connectivity index (χ1) is 11.8. The smallest absolute Gasteiger partial charge is 0.146 e. The van der Waals surface area contributed by atoms with E-state index in [0.717, 1.165) is 51.4 Å². The number of benzene rings is 1. The van der Waals surface area contributed by atoms with E-state index >= 15 is 0 Å². The van der Waals surface area contributed by atoms with Crippen molar-refractivity contribution in [1.29, 1.82) is 0 Å². The van der Waals surface area contributed by atoms with Crippen LogP contribution in [0.5, 0.6) is 0 Å². The van der Waals surface area contributed by atoms with Crippen LogP contribution in [0.25, 0.3) is 0 Å². The Bertz CT molecular complexity index is 523. The first-order valence-corrected chi connectivity index (χ1v) is 8.92. The molecule has 0 saturated carbocycles. The van der Waals surface area contributed by atoms with Crippen LogP contribution >= 0.6 is 0 Å². The number of morpholine rings is 2. The lowest BCUT2D eigenvalue weighted by molar-refractivity contribution is -0.0253. The van der Waals surface area contributed by atoms with Crippen molar-refractivity contribution in [3.8, 4) is 0 Å². The van der Waals surface area contributed by atoms with E-state index < -0.39 is 0 Å². The summed E-state index contributed by atoms with van der Waals surface area (Å²) < 4.78 is 25.5. The number of anilines is 1. The summed E-state index contributed by atoms with van der Waals surface area (Å²) in [6, 6.07) is 5.52. The topological polar surface area (TPSA) is 37.0 Å². The lowest BCUT2D eigenvalue weighted by Crippen LogP contribution is -2.46. The molecule has 3 rings (SSSR count). The molecule has 1 atom stereocenters. The lowest BCUT2D eigenvalue weighted by Gasteiger charge is -2.32. The van der Waals surface area contributed by atoms with Crippen LogP contribution in [-0.2, 0) is 16.0 Å². The molecule has 2 aliphatic rings. The van der Waals surface area contributed by atoms with Crippen LogP contribution in [0.4, 0.5) is 10.1 Å². The molecule has 2 aliphatic heterocycles. The Balaban J connectivity index is 1.48. The standard InChI is InChI=1S/C18H28FN3O2/c1-2-21-5-10-24-16(14-21)13-20-12-15-3-4-18(17(19)11-15)22-6-8-23-9-7-22/h3-4,11,16,20H,2,5-10,12-14H2,1H3/t16-/m1/s1. The number of hydrogen-bond donors (Lipinski definition) is 1. The molecule has 0 aliphatic carbocycles. The monoisotopic (exact) mass is 337 g/mol. The van der Waals surface area contributed by atoms with Crippen molar-refractivity contribution in [3.05, 3.63) is 29.6 Å². The minimum atomic E-state index is -0.151. The van der Waals surface area contributed by atoms with Crippen LogP contribution in [0.1, 0.15) is 12.5 Å². The summed E-state index contributed by atoms with van der Waals surface area (Å²) in [7, 11) is 0. The van der Waals surface area contributed by atoms with Gasteiger partial charge in [-0.3, -0.25) is 4.90 Å². The van der Waals surface area contributed by atoms with Crippen molar-refractivity contribution in [2.45, 2.75) is 19.6 Å². The Morgan fingerprint density at radius 2 is 2.04 bits per heavy atom. The third-order valence-corrected chi connectivity index (χ3v) is 4.74. The predicted molar refractivity (Wildman–Crippen MR) is 93.0 cm³/mol. The van der Waals surface area contributed by atoms with Gasteiger partial charge in [0.15, 0.2) is 0 Å². The number of nitrogens with one attached hydrogen (secondary N) is 1. The first-order valence-electron chi connectivity index (χ1n) is 8.92. The van der Waals surface area contributed by atoms with Gasteiger partial charge in [0.25, 0.3) is 0 Å². The third kappa shape index (κ3) is 4.66. The van der Waals surface area contributed by atoms with Crippen LogP contribution in [-0.4, -0.2) is 70.1 Å². The highest BCUT2D eigenvalue weighted by Gasteiger charge is 2.19. The highest BCUT2D eigenvalue weighted by Crippen LogP contribution is 2.21. The van der Waals surface area contributed by atoms with Crippen molar-refractivity contribution in [3.63, 3.8) is 0 Å². The number of rotatable bonds is 6. The van der Waals surface area contributed by atoms with Gasteiger partial charge in [-0.25, -0.2) is 4.39 Å². The van der Waals surface area contributed by atoms with E-state index in [4.69, 9.17) is 9.47 Å². The maximum atomic E-state index is 14.4. The molecule has 134 valence electrons. The summed E-state index contributed by atoms with van der Waals surface area (Å²) >= 11 is 0. The van der Waals surface area contributed by atoms with E-state index in [2.05, 4.69) is 17.1 Å². The number of ether oxygens (including phenoxy) is 2. The molecule has 2 heterocycles. The Morgan fingerprint density at radius 1 is 1.21 bits per heavy atom. The molecule has 6 heteroatoms. The van der Waals surface area contributed by atoms with Crippen molar-refractivity contribution >= 4 is 5.69 Å². The van der Waals surface area contributed by atoms with Gasteiger partial charge in [-0.15, -0.1) is 0 Å². The molecular formula is C18H28FN3O2. The summed E-state index contributed by atoms with van der Waals surface area (Å²) in [6.45, 7) is 10.3. The molecule has 0 bridgehead atoms. The summed E-state index contributed by atoms with van der Waals surface area (Å²) in [4.78, 5) is 4.44. The molecule has 1 N–H and O–H groups in total. The average Bonchev–Trinajstić information content (AvgIpc) is 2.63. The fourth-order valence-corrected chi connectivity index (χ4v) is 3.29. The molecule has 2 saturated heterocycles. The van der Waals surface area contributed by atoms with E-state index in [9.17, 15) is 4.39 Å². The Morgan fingerprint density at radius 3 is 2.79 bits per heavy atom. The summed E-state index contributed by atoms with van der Waals surface area (Å²) in [6.07, 6.45) is 0.219. The molecule has 0 amide bonds. The van der Waals surface area contributed by atoms with Crippen LogP contribution < -0.4 is 10.2 Å². The van der Waals surface area contributed by atoms with Gasteiger partial charge in [-0.05, 0) is 24.2 Å². The van der Waals surface area contributed by atoms with Crippen LogP contribution in [0, 0.1) is 5.82 Å². The first kappa shape index (κ1) is 17.6. The Kier molecular flexibility index (Phi) is 6.43. The van der Waals surface area contributed by atoms with Gasteiger partial charge in [0.05, 0.1) is 31.6 Å².